The van der Waals surface area contributed by atoms with Gasteiger partial charge in [-0.05, 0) is 71.4 Å². The van der Waals surface area contributed by atoms with E-state index in [0.717, 1.165) is 49.6 Å². The lowest BCUT2D eigenvalue weighted by atomic mass is 10.0. The molecule has 7 heteroatoms. The highest BCUT2D eigenvalue weighted by molar-refractivity contribution is 6.17. The summed E-state index contributed by atoms with van der Waals surface area (Å²) in [4.78, 5) is 43.2. The van der Waals surface area contributed by atoms with E-state index < -0.39 is 0 Å². The lowest BCUT2D eigenvalue weighted by Crippen LogP contribution is -2.28. The molecule has 0 amide bonds. The summed E-state index contributed by atoms with van der Waals surface area (Å²) in [5.74, 6) is 1.78. The highest BCUT2D eigenvalue weighted by atomic mass is 16.2. The van der Waals surface area contributed by atoms with Gasteiger partial charge in [-0.2, -0.15) is 0 Å². The van der Waals surface area contributed by atoms with Crippen molar-refractivity contribution in [1.29, 1.82) is 0 Å². The summed E-state index contributed by atoms with van der Waals surface area (Å²) in [6, 6.07) is 56.9. The standard InChI is InChI=1S/C47H29N5O2/c53-46-37-22-11-10-20-35(37)38-29-42-39(28-40(38)47(54)52(46)33-18-8-3-9-19-33)36-21-12-13-23-41(36)51(42)34-26-24-32(25-27-34)45-49-43(30-14-4-1-5-15-30)48-44(50-45)31-16-6-2-7-17-31/h1-29H. The second-order valence-electron chi connectivity index (χ2n) is 13.2. The van der Waals surface area contributed by atoms with Crippen LogP contribution in [0.1, 0.15) is 0 Å². The molecule has 0 atom stereocenters. The summed E-state index contributed by atoms with van der Waals surface area (Å²) in [5.41, 5.74) is 5.34. The second kappa shape index (κ2) is 12.6. The number of fused-ring (bicyclic) bond motifs is 6. The van der Waals surface area contributed by atoms with Crippen molar-refractivity contribution in [3.05, 3.63) is 197 Å². The maximum atomic E-state index is 14.5. The highest BCUT2D eigenvalue weighted by Crippen LogP contribution is 2.36. The summed E-state index contributed by atoms with van der Waals surface area (Å²) in [6.45, 7) is 0. The van der Waals surface area contributed by atoms with Crippen LogP contribution < -0.4 is 11.1 Å². The van der Waals surface area contributed by atoms with Gasteiger partial charge in [-0.1, -0.05) is 115 Å². The van der Waals surface area contributed by atoms with E-state index in [1.54, 1.807) is 18.2 Å². The van der Waals surface area contributed by atoms with Crippen molar-refractivity contribution in [2.24, 2.45) is 0 Å². The van der Waals surface area contributed by atoms with Crippen molar-refractivity contribution in [3.63, 3.8) is 0 Å². The van der Waals surface area contributed by atoms with Crippen LogP contribution in [0.25, 0.3) is 88.9 Å². The Balaban J connectivity index is 1.19. The molecule has 7 aromatic carbocycles. The molecule has 0 saturated heterocycles. The van der Waals surface area contributed by atoms with E-state index in [0.29, 0.717) is 39.3 Å². The molecule has 0 N–H and O–H groups in total. The first-order valence-corrected chi connectivity index (χ1v) is 17.7. The van der Waals surface area contributed by atoms with E-state index in [4.69, 9.17) is 15.0 Å². The Morgan fingerprint density at radius 3 is 1.39 bits per heavy atom. The number of aromatic nitrogens is 5. The minimum atomic E-state index is -0.359. The summed E-state index contributed by atoms with van der Waals surface area (Å²) in [7, 11) is 0. The molecular weight excluding hydrogens is 667 g/mol. The number of hydrogen-bond donors (Lipinski definition) is 0. The quantitative estimate of drug-likeness (QED) is 0.179. The van der Waals surface area contributed by atoms with E-state index in [1.807, 2.05) is 127 Å². The third-order valence-corrected chi connectivity index (χ3v) is 9.99. The first-order valence-electron chi connectivity index (χ1n) is 17.7. The van der Waals surface area contributed by atoms with E-state index in [9.17, 15) is 9.59 Å². The SMILES string of the molecule is O=c1c2ccccc2c2cc3c(cc2c(=O)n1-c1ccccc1)c1ccccc1n3-c1ccc(-c2nc(-c3ccccc3)nc(-c3ccccc3)n2)cc1. The van der Waals surface area contributed by atoms with Gasteiger partial charge in [0.25, 0.3) is 11.1 Å². The third-order valence-electron chi connectivity index (χ3n) is 9.99. The predicted molar refractivity (Wildman–Crippen MR) is 217 cm³/mol. The van der Waals surface area contributed by atoms with Crippen LogP contribution in [0, 0.1) is 0 Å². The molecule has 0 spiro atoms. The Labute approximate surface area is 308 Å². The minimum absolute atomic E-state index is 0.352. The fraction of sp³-hybridized carbons (Fsp3) is 0. The van der Waals surface area contributed by atoms with Gasteiger partial charge in [-0.25, -0.2) is 19.5 Å². The van der Waals surface area contributed by atoms with Crippen molar-refractivity contribution in [3.8, 4) is 45.5 Å². The maximum absolute atomic E-state index is 14.5. The molecule has 0 aliphatic rings. The van der Waals surface area contributed by atoms with Gasteiger partial charge in [-0.15, -0.1) is 0 Å². The van der Waals surface area contributed by atoms with Crippen LogP contribution in [0.2, 0.25) is 0 Å². The molecule has 10 rings (SSSR count). The highest BCUT2D eigenvalue weighted by Gasteiger charge is 2.19. The summed E-state index contributed by atoms with van der Waals surface area (Å²) < 4.78 is 3.50. The monoisotopic (exact) mass is 695 g/mol. The van der Waals surface area contributed by atoms with Gasteiger partial charge in [0.2, 0.25) is 0 Å². The molecule has 3 aromatic heterocycles. The van der Waals surface area contributed by atoms with Gasteiger partial charge in [0, 0.05) is 43.9 Å². The zero-order valence-corrected chi connectivity index (χ0v) is 28.8. The van der Waals surface area contributed by atoms with Crippen LogP contribution in [0.3, 0.4) is 0 Å². The molecule has 0 fully saturated rings. The first-order chi connectivity index (χ1) is 26.6. The Bertz CT molecular complexity index is 3120. The lowest BCUT2D eigenvalue weighted by Gasteiger charge is -2.11. The van der Waals surface area contributed by atoms with E-state index >= 15 is 0 Å². The van der Waals surface area contributed by atoms with Crippen LogP contribution in [-0.4, -0.2) is 24.1 Å². The first kappa shape index (κ1) is 31.2. The van der Waals surface area contributed by atoms with Crippen LogP contribution in [0.4, 0.5) is 0 Å². The minimum Gasteiger partial charge on any atom is -0.309 e. The zero-order valence-electron chi connectivity index (χ0n) is 28.8. The lowest BCUT2D eigenvalue weighted by molar-refractivity contribution is 0.976. The van der Waals surface area contributed by atoms with Crippen molar-refractivity contribution in [1.82, 2.24) is 24.1 Å². The molecule has 0 saturated carbocycles. The van der Waals surface area contributed by atoms with Gasteiger partial charge in [-0.3, -0.25) is 9.59 Å². The third kappa shape index (κ3) is 5.10. The Hall–Kier alpha value is -7.51. The number of benzene rings is 7. The maximum Gasteiger partial charge on any atom is 0.265 e. The molecule has 3 heterocycles. The summed E-state index contributed by atoms with van der Waals surface area (Å²) >= 11 is 0. The number of para-hydroxylation sites is 2. The predicted octanol–water partition coefficient (Wildman–Crippen LogP) is 9.79. The van der Waals surface area contributed by atoms with Crippen molar-refractivity contribution < 1.29 is 0 Å². The normalized spacial score (nSPS) is 11.5. The number of rotatable bonds is 5. The van der Waals surface area contributed by atoms with Gasteiger partial charge < -0.3 is 4.57 Å². The Morgan fingerprint density at radius 1 is 0.315 bits per heavy atom. The Kier molecular flexibility index (Phi) is 7.30. The topological polar surface area (TPSA) is 82.7 Å². The average molecular weight is 696 g/mol. The van der Waals surface area contributed by atoms with Gasteiger partial charge in [0.15, 0.2) is 17.5 Å². The van der Waals surface area contributed by atoms with Crippen molar-refractivity contribution in [2.45, 2.75) is 0 Å². The van der Waals surface area contributed by atoms with Crippen molar-refractivity contribution in [2.75, 3.05) is 0 Å². The smallest absolute Gasteiger partial charge is 0.265 e. The molecule has 0 aliphatic heterocycles. The van der Waals surface area contributed by atoms with E-state index in [1.165, 1.54) is 4.57 Å². The summed E-state index contributed by atoms with van der Waals surface area (Å²) in [6.07, 6.45) is 0. The van der Waals surface area contributed by atoms with Crippen LogP contribution in [-0.2, 0) is 0 Å². The van der Waals surface area contributed by atoms with Crippen LogP contribution in [0.5, 0.6) is 0 Å². The van der Waals surface area contributed by atoms with Gasteiger partial charge in [0.1, 0.15) is 0 Å². The van der Waals surface area contributed by atoms with Gasteiger partial charge >= 0.3 is 0 Å². The van der Waals surface area contributed by atoms with E-state index in [-0.39, 0.29) is 11.1 Å². The fourth-order valence-corrected chi connectivity index (χ4v) is 7.44. The molecule has 54 heavy (non-hydrogen) atoms. The molecule has 254 valence electrons. The molecule has 0 radical (unpaired) electrons. The molecule has 0 unspecified atom stereocenters. The number of nitrogens with zero attached hydrogens (tertiary/aromatic N) is 5. The van der Waals surface area contributed by atoms with E-state index in [2.05, 4.69) is 34.9 Å². The van der Waals surface area contributed by atoms with Gasteiger partial charge in [0.05, 0.1) is 16.7 Å². The summed E-state index contributed by atoms with van der Waals surface area (Å²) in [5, 5.41) is 4.29. The molecule has 0 aliphatic carbocycles. The fourth-order valence-electron chi connectivity index (χ4n) is 7.44. The van der Waals surface area contributed by atoms with Crippen molar-refractivity contribution >= 4 is 43.4 Å². The van der Waals surface area contributed by atoms with Crippen LogP contribution in [0.15, 0.2) is 186 Å². The second-order valence-corrected chi connectivity index (χ2v) is 13.2. The largest absolute Gasteiger partial charge is 0.309 e. The van der Waals surface area contributed by atoms with Crippen LogP contribution >= 0.6 is 0 Å². The Morgan fingerprint density at radius 2 is 0.778 bits per heavy atom. The molecule has 7 nitrogen and oxygen atoms in total. The average Bonchev–Trinajstić information content (AvgIpc) is 3.53. The number of hydrogen-bond acceptors (Lipinski definition) is 5. The molecule has 10 aromatic rings. The molecule has 0 bridgehead atoms. The molecular formula is C47H29N5O2. The zero-order chi connectivity index (χ0) is 36.2.